The predicted octanol–water partition coefficient (Wildman–Crippen LogP) is 18.4. The molecule has 13 rings (SSSR count). The van der Waals surface area contributed by atoms with Crippen LogP contribution in [0.5, 0.6) is 0 Å². The molecule has 0 amide bonds. The lowest BCUT2D eigenvalue weighted by molar-refractivity contribution is 0.443. The van der Waals surface area contributed by atoms with Crippen molar-refractivity contribution in [2.45, 2.75) is 62.7 Å². The van der Waals surface area contributed by atoms with Crippen molar-refractivity contribution in [2.24, 2.45) is 0 Å². The maximum absolute atomic E-state index is 2.56. The summed E-state index contributed by atoms with van der Waals surface area (Å²) in [6, 6.07) is 87.0. The Kier molecular flexibility index (Phi) is 9.91. The summed E-state index contributed by atoms with van der Waals surface area (Å²) in [5.41, 5.74) is 22.7. The Balaban J connectivity index is 0.966. The van der Waals surface area contributed by atoms with Gasteiger partial charge in [0.25, 0.3) is 0 Å². The second-order valence-electron chi connectivity index (χ2n) is 20.2. The zero-order valence-electron chi connectivity index (χ0n) is 39.5. The number of benzene rings is 10. The zero-order valence-corrected chi connectivity index (χ0v) is 39.5. The Hall–Kier alpha value is -7.74. The van der Waals surface area contributed by atoms with Crippen molar-refractivity contribution in [2.75, 3.05) is 4.90 Å². The number of fused-ring (bicyclic) bond motifs is 7. The normalized spacial score (nSPS) is 16.7. The van der Waals surface area contributed by atoms with Gasteiger partial charge < -0.3 is 4.90 Å². The van der Waals surface area contributed by atoms with Crippen molar-refractivity contribution in [3.8, 4) is 44.5 Å². The van der Waals surface area contributed by atoms with Crippen molar-refractivity contribution in [1.29, 1.82) is 0 Å². The third-order valence-electron chi connectivity index (χ3n) is 16.2. The molecule has 332 valence electrons. The van der Waals surface area contributed by atoms with Gasteiger partial charge in [-0.3, -0.25) is 0 Å². The van der Waals surface area contributed by atoms with Crippen LogP contribution < -0.4 is 4.90 Å². The number of hydrogen-bond acceptors (Lipinski definition) is 1. The molecule has 1 unspecified atom stereocenters. The smallest absolute Gasteiger partial charge is 0.0713 e. The van der Waals surface area contributed by atoms with E-state index in [1.165, 1.54) is 126 Å². The maximum Gasteiger partial charge on any atom is 0.0713 e. The molecular formula is C68H55N. The van der Waals surface area contributed by atoms with Crippen molar-refractivity contribution in [3.05, 3.63) is 269 Å². The number of hydrogen-bond donors (Lipinski definition) is 0. The first-order valence-corrected chi connectivity index (χ1v) is 25.1. The van der Waals surface area contributed by atoms with Gasteiger partial charge in [-0.15, -0.1) is 0 Å². The van der Waals surface area contributed by atoms with Crippen LogP contribution in [-0.2, 0) is 10.8 Å². The fourth-order valence-corrected chi connectivity index (χ4v) is 12.9. The molecule has 10 aromatic rings. The van der Waals surface area contributed by atoms with Gasteiger partial charge in [0.05, 0.1) is 5.41 Å². The second kappa shape index (κ2) is 16.5. The summed E-state index contributed by atoms with van der Waals surface area (Å²) >= 11 is 0. The molecule has 0 radical (unpaired) electrons. The van der Waals surface area contributed by atoms with Crippen molar-refractivity contribution in [1.82, 2.24) is 0 Å². The molecule has 69 heavy (non-hydrogen) atoms. The van der Waals surface area contributed by atoms with Crippen LogP contribution in [0.25, 0.3) is 55.3 Å². The summed E-state index contributed by atoms with van der Waals surface area (Å²) in [5, 5.41) is 2.52. The highest BCUT2D eigenvalue weighted by Crippen LogP contribution is 2.57. The van der Waals surface area contributed by atoms with Gasteiger partial charge in [-0.05, 0) is 149 Å². The minimum Gasteiger partial charge on any atom is -0.310 e. The van der Waals surface area contributed by atoms with Gasteiger partial charge in [0.2, 0.25) is 0 Å². The summed E-state index contributed by atoms with van der Waals surface area (Å²) < 4.78 is 0. The highest BCUT2D eigenvalue weighted by Gasteiger charge is 2.46. The Bertz CT molecular complexity index is 3540. The van der Waals surface area contributed by atoms with Crippen LogP contribution in [0.15, 0.2) is 231 Å². The van der Waals surface area contributed by atoms with Crippen molar-refractivity contribution >= 4 is 27.8 Å². The van der Waals surface area contributed by atoms with E-state index in [0.29, 0.717) is 5.92 Å². The average molecular weight is 886 g/mol. The van der Waals surface area contributed by atoms with E-state index < -0.39 is 5.41 Å². The van der Waals surface area contributed by atoms with Crippen LogP contribution in [0.4, 0.5) is 17.1 Å². The van der Waals surface area contributed by atoms with E-state index in [1.54, 1.807) is 0 Å². The Morgan fingerprint density at radius 3 is 1.55 bits per heavy atom. The molecular weight excluding hydrogens is 831 g/mol. The third-order valence-corrected chi connectivity index (χ3v) is 16.2. The van der Waals surface area contributed by atoms with Gasteiger partial charge in [0, 0.05) is 22.5 Å². The largest absolute Gasteiger partial charge is 0.310 e. The number of anilines is 3. The van der Waals surface area contributed by atoms with Crippen molar-refractivity contribution < 1.29 is 0 Å². The topological polar surface area (TPSA) is 3.24 Å². The second-order valence-corrected chi connectivity index (χ2v) is 20.2. The van der Waals surface area contributed by atoms with E-state index in [9.17, 15) is 0 Å². The summed E-state index contributed by atoms with van der Waals surface area (Å²) in [6.07, 6.45) is 6.60. The Morgan fingerprint density at radius 2 is 0.855 bits per heavy atom. The lowest BCUT2D eigenvalue weighted by Gasteiger charge is -2.35. The molecule has 3 aliphatic carbocycles. The van der Waals surface area contributed by atoms with E-state index >= 15 is 0 Å². The molecule has 1 atom stereocenters. The predicted molar refractivity (Wildman–Crippen MR) is 290 cm³/mol. The van der Waals surface area contributed by atoms with Gasteiger partial charge >= 0.3 is 0 Å². The van der Waals surface area contributed by atoms with Gasteiger partial charge in [0.1, 0.15) is 0 Å². The summed E-state index contributed by atoms with van der Waals surface area (Å²) in [7, 11) is 0. The minimum absolute atomic E-state index is 0.0770. The van der Waals surface area contributed by atoms with Crippen LogP contribution in [-0.4, -0.2) is 0 Å². The highest BCUT2D eigenvalue weighted by atomic mass is 15.1. The molecule has 1 heteroatoms. The fraction of sp³-hybridized carbons (Fsp3) is 0.147. The molecule has 0 spiro atoms. The SMILES string of the molecule is CC1(C)c2ccccc2-c2cc(N(c3ccc(-c4cccc5cccc(-c6ccccc6)c45)cc3)c3ccc(C4(c5ccccc5)c5ccccc5-c5cc(C6CCCCC6)ccc54)cc3)ccc21. The minimum atomic E-state index is -0.469. The Morgan fingerprint density at radius 1 is 0.362 bits per heavy atom. The van der Waals surface area contributed by atoms with E-state index in [-0.39, 0.29) is 5.41 Å². The van der Waals surface area contributed by atoms with E-state index in [1.807, 2.05) is 0 Å². The van der Waals surface area contributed by atoms with Gasteiger partial charge in [-0.1, -0.05) is 227 Å². The molecule has 0 aromatic heterocycles. The molecule has 0 saturated heterocycles. The first-order valence-electron chi connectivity index (χ1n) is 25.1. The van der Waals surface area contributed by atoms with Crippen LogP contribution >= 0.6 is 0 Å². The third kappa shape index (κ3) is 6.58. The average Bonchev–Trinajstić information content (AvgIpc) is 3.84. The van der Waals surface area contributed by atoms with Crippen LogP contribution in [0.2, 0.25) is 0 Å². The van der Waals surface area contributed by atoms with E-state index in [4.69, 9.17) is 0 Å². The highest BCUT2D eigenvalue weighted by molar-refractivity contribution is 6.06. The standard InChI is InChI=1S/C68H55N/c1-67(2)62-30-14-12-26-58(62)61-45-55(41-43-63(61)67)69(53-37-32-48(33-38-53)57-29-17-23-49-22-16-28-56(66(49)57)47-20-8-4-9-21-47)54-39-35-52(36-40-54)68(51-24-10-5-11-25-51)64-31-15-13-27-59(64)60-44-50(34-42-65(60)68)46-18-6-3-7-19-46/h4-5,8-17,20-46H,3,6-7,18-19H2,1-2H3. The van der Waals surface area contributed by atoms with Crippen LogP contribution in [0.1, 0.15) is 90.8 Å². The molecule has 0 heterocycles. The molecule has 0 N–H and O–H groups in total. The quantitative estimate of drug-likeness (QED) is 0.147. The lowest BCUT2D eigenvalue weighted by atomic mass is 9.67. The maximum atomic E-state index is 2.56. The molecule has 0 aliphatic heterocycles. The molecule has 1 fully saturated rings. The molecule has 1 saturated carbocycles. The van der Waals surface area contributed by atoms with Crippen molar-refractivity contribution in [3.63, 3.8) is 0 Å². The monoisotopic (exact) mass is 885 g/mol. The summed E-state index contributed by atoms with van der Waals surface area (Å²) in [5.74, 6) is 0.639. The summed E-state index contributed by atoms with van der Waals surface area (Å²) in [4.78, 5) is 2.46. The first kappa shape index (κ1) is 41.4. The van der Waals surface area contributed by atoms with Gasteiger partial charge in [0.15, 0.2) is 0 Å². The first-order chi connectivity index (χ1) is 34.0. The van der Waals surface area contributed by atoms with Gasteiger partial charge in [-0.25, -0.2) is 0 Å². The molecule has 0 bridgehead atoms. The number of nitrogens with zero attached hydrogens (tertiary/aromatic N) is 1. The summed E-state index contributed by atoms with van der Waals surface area (Å²) in [6.45, 7) is 4.73. The Labute approximate surface area is 407 Å². The van der Waals surface area contributed by atoms with Gasteiger partial charge in [-0.2, -0.15) is 0 Å². The van der Waals surface area contributed by atoms with E-state index in [0.717, 1.165) is 17.1 Å². The lowest BCUT2D eigenvalue weighted by Crippen LogP contribution is -2.28. The number of rotatable bonds is 8. The van der Waals surface area contributed by atoms with Crippen LogP contribution in [0, 0.1) is 0 Å². The molecule has 1 nitrogen and oxygen atoms in total. The molecule has 10 aromatic carbocycles. The zero-order chi connectivity index (χ0) is 46.1. The fourth-order valence-electron chi connectivity index (χ4n) is 12.9. The van der Waals surface area contributed by atoms with Crippen LogP contribution in [0.3, 0.4) is 0 Å². The van der Waals surface area contributed by atoms with E-state index in [2.05, 4.69) is 249 Å². The molecule has 3 aliphatic rings.